The van der Waals surface area contributed by atoms with Crippen molar-refractivity contribution in [3.05, 3.63) is 65.2 Å². The third kappa shape index (κ3) is 3.20. The topological polar surface area (TPSA) is 50.1 Å². The van der Waals surface area contributed by atoms with Crippen LogP contribution in [-0.2, 0) is 6.61 Å². The van der Waals surface area contributed by atoms with E-state index < -0.39 is 0 Å². The fourth-order valence-corrected chi connectivity index (χ4v) is 1.72. The first-order chi connectivity index (χ1) is 9.20. The van der Waals surface area contributed by atoms with Crippen LogP contribution >= 0.6 is 0 Å². The van der Waals surface area contributed by atoms with E-state index in [4.69, 9.17) is 10.00 Å². The van der Waals surface area contributed by atoms with Crippen molar-refractivity contribution < 1.29 is 9.53 Å². The van der Waals surface area contributed by atoms with Crippen LogP contribution in [0.2, 0.25) is 0 Å². The van der Waals surface area contributed by atoms with Gasteiger partial charge in [-0.15, -0.1) is 0 Å². The molecule has 2 aromatic carbocycles. The molecule has 94 valence electrons. The van der Waals surface area contributed by atoms with Gasteiger partial charge in [0.2, 0.25) is 0 Å². The molecule has 2 aromatic rings. The zero-order chi connectivity index (χ0) is 13.7. The van der Waals surface area contributed by atoms with Gasteiger partial charge < -0.3 is 4.74 Å². The molecule has 0 atom stereocenters. The molecule has 0 bridgehead atoms. The van der Waals surface area contributed by atoms with Gasteiger partial charge in [0.1, 0.15) is 12.4 Å². The smallest absolute Gasteiger partial charge is 0.159 e. The van der Waals surface area contributed by atoms with Gasteiger partial charge in [-0.3, -0.25) is 4.79 Å². The summed E-state index contributed by atoms with van der Waals surface area (Å²) in [5.41, 5.74) is 2.05. The minimum atomic E-state index is 0.00266. The average Bonchev–Trinajstić information content (AvgIpc) is 2.45. The quantitative estimate of drug-likeness (QED) is 0.783. The van der Waals surface area contributed by atoms with E-state index in [1.807, 2.05) is 18.2 Å². The summed E-state index contributed by atoms with van der Waals surface area (Å²) in [7, 11) is 0. The number of nitriles is 1. The molecule has 3 heteroatoms. The van der Waals surface area contributed by atoms with E-state index in [1.54, 1.807) is 30.3 Å². The third-order valence-electron chi connectivity index (χ3n) is 2.77. The lowest BCUT2D eigenvalue weighted by atomic mass is 10.1. The Bertz CT molecular complexity index is 641. The minimum Gasteiger partial charge on any atom is -0.489 e. The Morgan fingerprint density at radius 3 is 2.74 bits per heavy atom. The molecular weight excluding hydrogens is 238 g/mol. The minimum absolute atomic E-state index is 0.00266. The number of carbonyl (C=O) groups excluding carboxylic acids is 1. The summed E-state index contributed by atoms with van der Waals surface area (Å²) >= 11 is 0. The van der Waals surface area contributed by atoms with Crippen LogP contribution in [0.25, 0.3) is 0 Å². The zero-order valence-corrected chi connectivity index (χ0v) is 10.6. The Morgan fingerprint density at radius 1 is 1.21 bits per heavy atom. The number of hydrogen-bond donors (Lipinski definition) is 0. The van der Waals surface area contributed by atoms with Gasteiger partial charge in [-0.25, -0.2) is 0 Å². The predicted molar refractivity (Wildman–Crippen MR) is 71.9 cm³/mol. The maximum atomic E-state index is 11.3. The second-order valence-corrected chi connectivity index (χ2v) is 4.14. The molecule has 0 aliphatic carbocycles. The van der Waals surface area contributed by atoms with Crippen molar-refractivity contribution in [3.8, 4) is 11.8 Å². The van der Waals surface area contributed by atoms with Crippen LogP contribution in [0.4, 0.5) is 0 Å². The molecule has 0 radical (unpaired) electrons. The number of ketones is 1. The van der Waals surface area contributed by atoms with E-state index in [2.05, 4.69) is 6.07 Å². The molecule has 0 fully saturated rings. The van der Waals surface area contributed by atoms with E-state index in [1.165, 1.54) is 6.92 Å². The fourth-order valence-electron chi connectivity index (χ4n) is 1.72. The van der Waals surface area contributed by atoms with Crippen molar-refractivity contribution in [1.29, 1.82) is 5.26 Å². The molecule has 0 saturated heterocycles. The second-order valence-electron chi connectivity index (χ2n) is 4.14. The van der Waals surface area contributed by atoms with Crippen molar-refractivity contribution in [1.82, 2.24) is 0 Å². The lowest BCUT2D eigenvalue weighted by Gasteiger charge is -2.08. The first kappa shape index (κ1) is 12.8. The highest BCUT2D eigenvalue weighted by Crippen LogP contribution is 2.16. The Morgan fingerprint density at radius 2 is 2.00 bits per heavy atom. The van der Waals surface area contributed by atoms with Crippen LogP contribution in [0.3, 0.4) is 0 Å². The lowest BCUT2D eigenvalue weighted by Crippen LogP contribution is -1.99. The second kappa shape index (κ2) is 5.83. The first-order valence-corrected chi connectivity index (χ1v) is 5.92. The molecule has 2 rings (SSSR count). The molecule has 0 unspecified atom stereocenters. The predicted octanol–water partition coefficient (Wildman–Crippen LogP) is 3.34. The molecule has 0 aromatic heterocycles. The normalized spacial score (nSPS) is 9.68. The lowest BCUT2D eigenvalue weighted by molar-refractivity contribution is 0.101. The highest BCUT2D eigenvalue weighted by molar-refractivity contribution is 5.94. The highest BCUT2D eigenvalue weighted by atomic mass is 16.5. The molecule has 3 nitrogen and oxygen atoms in total. The van der Waals surface area contributed by atoms with Crippen molar-refractivity contribution in [2.45, 2.75) is 13.5 Å². The monoisotopic (exact) mass is 251 g/mol. The Hall–Kier alpha value is -2.60. The number of ether oxygens (including phenoxy) is 1. The summed E-state index contributed by atoms with van der Waals surface area (Å²) in [4.78, 5) is 11.3. The van der Waals surface area contributed by atoms with Crippen LogP contribution in [-0.4, -0.2) is 5.78 Å². The van der Waals surface area contributed by atoms with Gasteiger partial charge in [0.15, 0.2) is 5.78 Å². The van der Waals surface area contributed by atoms with E-state index in [-0.39, 0.29) is 5.78 Å². The standard InChI is InChI=1S/C16H13NO2/c1-12(18)13-7-4-8-16(9-13)19-11-15-6-3-2-5-14(15)10-17/h2-9H,11H2,1H3. The van der Waals surface area contributed by atoms with Crippen molar-refractivity contribution in [3.63, 3.8) is 0 Å². The van der Waals surface area contributed by atoms with Crippen molar-refractivity contribution in [2.75, 3.05) is 0 Å². The summed E-state index contributed by atoms with van der Waals surface area (Å²) < 4.78 is 5.62. The van der Waals surface area contributed by atoms with Gasteiger partial charge in [-0.05, 0) is 25.1 Å². The van der Waals surface area contributed by atoms with Crippen molar-refractivity contribution in [2.24, 2.45) is 0 Å². The maximum absolute atomic E-state index is 11.3. The summed E-state index contributed by atoms with van der Waals surface area (Å²) in [6.45, 7) is 1.83. The molecule has 0 spiro atoms. The number of rotatable bonds is 4. The van der Waals surface area contributed by atoms with Gasteiger partial charge in [0.25, 0.3) is 0 Å². The Labute approximate surface area is 112 Å². The van der Waals surface area contributed by atoms with E-state index in [9.17, 15) is 4.79 Å². The summed E-state index contributed by atoms with van der Waals surface area (Å²) in [5, 5.41) is 8.98. The van der Waals surface area contributed by atoms with Crippen LogP contribution in [0, 0.1) is 11.3 Å². The van der Waals surface area contributed by atoms with Gasteiger partial charge in [0.05, 0.1) is 11.6 Å². The molecule has 0 saturated carbocycles. The number of Topliss-reactive ketones (excluding diaryl/α,β-unsaturated/α-hetero) is 1. The molecular formula is C16H13NO2. The fraction of sp³-hybridized carbons (Fsp3) is 0.125. The number of carbonyl (C=O) groups is 1. The third-order valence-corrected chi connectivity index (χ3v) is 2.77. The molecule has 0 aliphatic heterocycles. The maximum Gasteiger partial charge on any atom is 0.159 e. The van der Waals surface area contributed by atoms with E-state index in [0.717, 1.165) is 5.56 Å². The van der Waals surface area contributed by atoms with Gasteiger partial charge in [0, 0.05) is 11.1 Å². The van der Waals surface area contributed by atoms with Gasteiger partial charge in [-0.2, -0.15) is 5.26 Å². The summed E-state index contributed by atoms with van der Waals surface area (Å²) in [6.07, 6.45) is 0. The van der Waals surface area contributed by atoms with Crippen LogP contribution in [0.1, 0.15) is 28.4 Å². The van der Waals surface area contributed by atoms with Crippen LogP contribution < -0.4 is 4.74 Å². The molecule has 0 amide bonds. The molecule has 0 heterocycles. The SMILES string of the molecule is CC(=O)c1cccc(OCc2ccccc2C#N)c1. The summed E-state index contributed by atoms with van der Waals surface area (Å²) in [6, 6.07) is 16.4. The zero-order valence-electron chi connectivity index (χ0n) is 10.6. The number of nitrogens with zero attached hydrogens (tertiary/aromatic N) is 1. The highest BCUT2D eigenvalue weighted by Gasteiger charge is 2.04. The Balaban J connectivity index is 2.13. The average molecular weight is 251 g/mol. The molecule has 19 heavy (non-hydrogen) atoms. The molecule has 0 N–H and O–H groups in total. The van der Waals surface area contributed by atoms with E-state index >= 15 is 0 Å². The Kier molecular flexibility index (Phi) is 3.94. The van der Waals surface area contributed by atoms with Gasteiger partial charge in [-0.1, -0.05) is 30.3 Å². The van der Waals surface area contributed by atoms with Gasteiger partial charge >= 0.3 is 0 Å². The molecule has 0 aliphatic rings. The van der Waals surface area contributed by atoms with Crippen molar-refractivity contribution >= 4 is 5.78 Å². The van der Waals surface area contributed by atoms with Crippen LogP contribution in [0.5, 0.6) is 5.75 Å². The number of benzene rings is 2. The van der Waals surface area contributed by atoms with Crippen LogP contribution in [0.15, 0.2) is 48.5 Å². The number of hydrogen-bond acceptors (Lipinski definition) is 3. The first-order valence-electron chi connectivity index (χ1n) is 5.92. The largest absolute Gasteiger partial charge is 0.489 e. The summed E-state index contributed by atoms with van der Waals surface area (Å²) in [5.74, 6) is 0.628. The van der Waals surface area contributed by atoms with E-state index in [0.29, 0.717) is 23.5 Å².